The molecule has 0 aliphatic heterocycles. The molecule has 1 aromatic heterocycles. The minimum absolute atomic E-state index is 0.0238. The second-order valence-electron chi connectivity index (χ2n) is 6.20. The van der Waals surface area contributed by atoms with Crippen molar-refractivity contribution in [2.24, 2.45) is 4.99 Å². The molecule has 0 atom stereocenters. The van der Waals surface area contributed by atoms with E-state index in [1.165, 1.54) is 0 Å². The molecule has 0 unspecified atom stereocenters. The third-order valence-corrected chi connectivity index (χ3v) is 4.66. The van der Waals surface area contributed by atoms with Crippen molar-refractivity contribution in [1.82, 2.24) is 9.88 Å². The first kappa shape index (κ1) is 19.1. The summed E-state index contributed by atoms with van der Waals surface area (Å²) in [6.07, 6.45) is 8.40. The van der Waals surface area contributed by atoms with Crippen molar-refractivity contribution in [2.45, 2.75) is 38.6 Å². The highest BCUT2D eigenvalue weighted by atomic mass is 32.1. The SMILES string of the molecule is C/C=C(\N=CN(C=O)C1CCC(=O)CC1)c1c(N(C)C)cc[nH]c1=S. The van der Waals surface area contributed by atoms with Crippen LogP contribution in [0.4, 0.5) is 5.69 Å². The van der Waals surface area contributed by atoms with Gasteiger partial charge in [0.15, 0.2) is 0 Å². The first-order valence-corrected chi connectivity index (χ1v) is 8.73. The number of H-pyrrole nitrogens is 1. The first-order chi connectivity index (χ1) is 12.0. The molecule has 0 aromatic carbocycles. The topological polar surface area (TPSA) is 68.8 Å². The average molecular weight is 360 g/mol. The van der Waals surface area contributed by atoms with Crippen molar-refractivity contribution in [3.8, 4) is 0 Å². The average Bonchev–Trinajstić information content (AvgIpc) is 2.60. The number of nitrogens with zero attached hydrogens (tertiary/aromatic N) is 3. The van der Waals surface area contributed by atoms with Gasteiger partial charge >= 0.3 is 0 Å². The molecule has 1 fully saturated rings. The van der Waals surface area contributed by atoms with Crippen LogP contribution in [-0.4, -0.2) is 48.6 Å². The summed E-state index contributed by atoms with van der Waals surface area (Å²) in [6.45, 7) is 1.89. The molecule has 1 N–H and O–H groups in total. The molecule has 6 nitrogen and oxygen atoms in total. The number of aromatic nitrogens is 1. The number of allylic oxidation sites excluding steroid dienone is 1. The van der Waals surface area contributed by atoms with Crippen LogP contribution >= 0.6 is 12.2 Å². The van der Waals surface area contributed by atoms with E-state index in [2.05, 4.69) is 9.98 Å². The number of anilines is 1. The number of aromatic amines is 1. The summed E-state index contributed by atoms with van der Waals surface area (Å²) in [7, 11) is 3.89. The molecule has 25 heavy (non-hydrogen) atoms. The van der Waals surface area contributed by atoms with Crippen LogP contribution < -0.4 is 4.90 Å². The van der Waals surface area contributed by atoms with Crippen LogP contribution in [0.1, 0.15) is 38.2 Å². The van der Waals surface area contributed by atoms with Gasteiger partial charge in [0.1, 0.15) is 10.4 Å². The third kappa shape index (κ3) is 4.63. The fourth-order valence-corrected chi connectivity index (χ4v) is 3.21. The van der Waals surface area contributed by atoms with E-state index in [1.54, 1.807) is 17.4 Å². The van der Waals surface area contributed by atoms with E-state index < -0.39 is 0 Å². The number of Topliss-reactive ketones (excluding diaryl/α,β-unsaturated/α-hetero) is 1. The molecule has 0 saturated heterocycles. The van der Waals surface area contributed by atoms with Crippen LogP contribution in [0.15, 0.2) is 23.3 Å². The van der Waals surface area contributed by atoms with Crippen molar-refractivity contribution < 1.29 is 9.59 Å². The Hall–Kier alpha value is -2.28. The fourth-order valence-electron chi connectivity index (χ4n) is 2.93. The van der Waals surface area contributed by atoms with Crippen LogP contribution in [0.3, 0.4) is 0 Å². The van der Waals surface area contributed by atoms with Crippen molar-refractivity contribution in [1.29, 1.82) is 0 Å². The molecule has 1 aliphatic carbocycles. The highest BCUT2D eigenvalue weighted by molar-refractivity contribution is 7.71. The summed E-state index contributed by atoms with van der Waals surface area (Å²) < 4.78 is 0.595. The lowest BCUT2D eigenvalue weighted by Crippen LogP contribution is -2.36. The zero-order valence-electron chi connectivity index (χ0n) is 14.9. The summed E-state index contributed by atoms with van der Waals surface area (Å²) in [5, 5.41) is 0. The number of carbonyl (C=O) groups excluding carboxylic acids is 2. The van der Waals surface area contributed by atoms with Gasteiger partial charge in [-0.25, -0.2) is 4.99 Å². The molecular weight excluding hydrogens is 336 g/mol. The van der Waals surface area contributed by atoms with Crippen LogP contribution in [0.25, 0.3) is 5.70 Å². The summed E-state index contributed by atoms with van der Waals surface area (Å²) in [4.78, 5) is 33.9. The predicted molar refractivity (Wildman–Crippen MR) is 103 cm³/mol. The Morgan fingerprint density at radius 2 is 2.04 bits per heavy atom. The Labute approximate surface area is 153 Å². The number of rotatable bonds is 6. The molecule has 1 saturated carbocycles. The molecule has 134 valence electrons. The maximum Gasteiger partial charge on any atom is 0.215 e. The van der Waals surface area contributed by atoms with Crippen LogP contribution in [-0.2, 0) is 9.59 Å². The number of amides is 1. The largest absolute Gasteiger partial charge is 0.377 e. The monoisotopic (exact) mass is 360 g/mol. The van der Waals surface area contributed by atoms with Gasteiger partial charge in [0, 0.05) is 39.2 Å². The Kier molecular flexibility index (Phi) is 6.64. The van der Waals surface area contributed by atoms with Gasteiger partial charge in [-0.05, 0) is 25.8 Å². The summed E-state index contributed by atoms with van der Waals surface area (Å²) in [5.41, 5.74) is 2.48. The van der Waals surface area contributed by atoms with Gasteiger partial charge in [-0.1, -0.05) is 18.3 Å². The number of pyridine rings is 1. The van der Waals surface area contributed by atoms with E-state index in [0.717, 1.165) is 17.7 Å². The van der Waals surface area contributed by atoms with Gasteiger partial charge in [0.25, 0.3) is 0 Å². The van der Waals surface area contributed by atoms with Gasteiger partial charge in [0.05, 0.1) is 23.3 Å². The summed E-state index contributed by atoms with van der Waals surface area (Å²) in [5.74, 6) is 0.263. The number of carbonyl (C=O) groups is 2. The lowest BCUT2D eigenvalue weighted by molar-refractivity contribution is -0.123. The maximum atomic E-state index is 11.5. The Morgan fingerprint density at radius 3 is 2.60 bits per heavy atom. The van der Waals surface area contributed by atoms with Crippen molar-refractivity contribution in [3.63, 3.8) is 0 Å². The lowest BCUT2D eigenvalue weighted by atomic mass is 9.94. The number of ketones is 1. The first-order valence-electron chi connectivity index (χ1n) is 8.32. The minimum atomic E-state index is 0.0238. The maximum absolute atomic E-state index is 11.5. The zero-order chi connectivity index (χ0) is 18.4. The van der Waals surface area contributed by atoms with Crippen molar-refractivity contribution in [2.75, 3.05) is 19.0 Å². The van der Waals surface area contributed by atoms with Crippen molar-refractivity contribution in [3.05, 3.63) is 28.5 Å². The van der Waals surface area contributed by atoms with Gasteiger partial charge in [-0.15, -0.1) is 0 Å². The molecule has 1 aromatic rings. The normalized spacial score (nSPS) is 16.3. The van der Waals surface area contributed by atoms with E-state index in [9.17, 15) is 9.59 Å². The number of hydrogen-bond donors (Lipinski definition) is 1. The molecule has 0 radical (unpaired) electrons. The van der Waals surface area contributed by atoms with Crippen LogP contribution in [0.2, 0.25) is 0 Å². The van der Waals surface area contributed by atoms with E-state index >= 15 is 0 Å². The second kappa shape index (κ2) is 8.71. The standard InChI is InChI=1S/C18H24N4O2S/c1-4-15(17-16(21(2)3)9-10-19-18(17)25)20-11-22(12-23)13-5-7-14(24)8-6-13/h4,9-13H,5-8H2,1-3H3,(H,19,25)/b15-4-,20-11?. The van der Waals surface area contributed by atoms with E-state index in [0.29, 0.717) is 36.0 Å². The van der Waals surface area contributed by atoms with E-state index in [-0.39, 0.29) is 11.8 Å². The minimum Gasteiger partial charge on any atom is -0.377 e. The Balaban J connectivity index is 2.27. The number of hydrogen-bond acceptors (Lipinski definition) is 5. The Morgan fingerprint density at radius 1 is 1.36 bits per heavy atom. The molecule has 0 bridgehead atoms. The van der Waals surface area contributed by atoms with Crippen LogP contribution in [0.5, 0.6) is 0 Å². The molecule has 1 amide bonds. The highest BCUT2D eigenvalue weighted by Gasteiger charge is 2.23. The van der Waals surface area contributed by atoms with Gasteiger partial charge in [-0.2, -0.15) is 0 Å². The van der Waals surface area contributed by atoms with Gasteiger partial charge in [-0.3, -0.25) is 9.59 Å². The third-order valence-electron chi connectivity index (χ3n) is 4.34. The highest BCUT2D eigenvalue weighted by Crippen LogP contribution is 2.27. The van der Waals surface area contributed by atoms with Gasteiger partial charge in [0.2, 0.25) is 6.41 Å². The van der Waals surface area contributed by atoms with Gasteiger partial charge < -0.3 is 14.8 Å². The molecule has 1 heterocycles. The van der Waals surface area contributed by atoms with E-state index in [1.807, 2.05) is 38.1 Å². The van der Waals surface area contributed by atoms with Crippen molar-refractivity contribution >= 4 is 42.1 Å². The van der Waals surface area contributed by atoms with E-state index in [4.69, 9.17) is 12.2 Å². The van der Waals surface area contributed by atoms with Crippen LogP contribution in [0, 0.1) is 4.64 Å². The quantitative estimate of drug-likeness (QED) is 0.366. The molecule has 1 aliphatic rings. The lowest BCUT2D eigenvalue weighted by Gasteiger charge is -2.27. The second-order valence-corrected chi connectivity index (χ2v) is 6.61. The molecular formula is C18H24N4O2S. The number of nitrogens with one attached hydrogen (secondary N) is 1. The summed E-state index contributed by atoms with van der Waals surface area (Å²) >= 11 is 5.43. The Bertz CT molecular complexity index is 742. The zero-order valence-corrected chi connectivity index (χ0v) is 15.7. The predicted octanol–water partition coefficient (Wildman–Crippen LogP) is 3.17. The molecule has 2 rings (SSSR count). The fraction of sp³-hybridized carbons (Fsp3) is 0.444. The number of aliphatic imine (C=N–C) groups is 1. The smallest absolute Gasteiger partial charge is 0.215 e. The molecule has 7 heteroatoms. The molecule has 0 spiro atoms. The summed E-state index contributed by atoms with van der Waals surface area (Å²) in [6, 6.07) is 1.96.